The van der Waals surface area contributed by atoms with Gasteiger partial charge in [-0.05, 0) is 74.5 Å². The van der Waals surface area contributed by atoms with Crippen LogP contribution in [-0.4, -0.2) is 103 Å². The molecule has 13 nitrogen and oxygen atoms in total. The molecule has 14 heteroatoms. The molecule has 52 heavy (non-hydrogen) atoms. The van der Waals surface area contributed by atoms with Crippen molar-refractivity contribution in [3.8, 4) is 0 Å². The molecule has 0 bridgehead atoms. The number of amides is 5. The zero-order valence-corrected chi connectivity index (χ0v) is 33.3. The minimum atomic E-state index is -3.71. The van der Waals surface area contributed by atoms with Gasteiger partial charge in [0.1, 0.15) is 12.1 Å². The van der Waals surface area contributed by atoms with Gasteiger partial charge in [0, 0.05) is 26.7 Å². The molecule has 0 aromatic rings. The number of ketones is 1. The summed E-state index contributed by atoms with van der Waals surface area (Å²) in [6, 6.07) is -3.37. The fourth-order valence-electron chi connectivity index (χ4n) is 9.55. The van der Waals surface area contributed by atoms with Crippen molar-refractivity contribution in [3.05, 3.63) is 0 Å². The molecule has 6 atom stereocenters. The first kappa shape index (κ1) is 40.4. The molecule has 0 spiro atoms. The number of nitrogens with one attached hydrogen (secondary N) is 4. The maximum atomic E-state index is 14.9. The van der Waals surface area contributed by atoms with Gasteiger partial charge < -0.3 is 26.2 Å². The van der Waals surface area contributed by atoms with E-state index in [2.05, 4.69) is 35.1 Å². The predicted octanol–water partition coefficient (Wildman–Crippen LogP) is 3.61. The number of carbonyl (C=O) groups excluding carboxylic acids is 5. The van der Waals surface area contributed by atoms with Crippen molar-refractivity contribution in [2.75, 3.05) is 20.6 Å². The number of fused-ring (bicyclic) bond motifs is 1. The minimum absolute atomic E-state index is 0.00585. The molecule has 0 aromatic heterocycles. The number of carbonyl (C=O) groups is 5. The molecule has 5 aliphatic rings. The molecule has 1 saturated heterocycles. The van der Waals surface area contributed by atoms with Gasteiger partial charge >= 0.3 is 6.03 Å². The second-order valence-electron chi connectivity index (χ2n) is 17.6. The Kier molecular flexibility index (Phi) is 12.1. The highest BCUT2D eigenvalue weighted by Gasteiger charge is 2.70. The molecule has 4 saturated carbocycles. The van der Waals surface area contributed by atoms with Gasteiger partial charge in [-0.2, -0.15) is 0 Å². The highest BCUT2D eigenvalue weighted by Crippen LogP contribution is 2.65. The maximum absolute atomic E-state index is 14.9. The molecule has 4 aliphatic carbocycles. The molecule has 4 N–H and O–H groups in total. The summed E-state index contributed by atoms with van der Waals surface area (Å²) in [4.78, 5) is 71.1. The van der Waals surface area contributed by atoms with Crippen LogP contribution in [-0.2, 0) is 29.2 Å². The summed E-state index contributed by atoms with van der Waals surface area (Å²) in [5.41, 5.74) is -1.78. The molecule has 1 aliphatic heterocycles. The van der Waals surface area contributed by atoms with Gasteiger partial charge in [0.2, 0.25) is 27.6 Å². The Bertz CT molecular complexity index is 1480. The molecule has 5 rings (SSSR count). The van der Waals surface area contributed by atoms with Crippen LogP contribution in [0.2, 0.25) is 0 Å². The van der Waals surface area contributed by atoms with Crippen molar-refractivity contribution in [1.29, 1.82) is 0 Å². The Morgan fingerprint density at radius 1 is 0.885 bits per heavy atom. The smallest absolute Gasteiger partial charge is 0.315 e. The summed E-state index contributed by atoms with van der Waals surface area (Å²) in [5.74, 6) is -2.18. The lowest BCUT2D eigenvalue weighted by Gasteiger charge is -2.45. The van der Waals surface area contributed by atoms with Crippen molar-refractivity contribution < 1.29 is 32.4 Å². The topological polar surface area (TPSA) is 174 Å². The van der Waals surface area contributed by atoms with Crippen LogP contribution in [0.3, 0.4) is 0 Å². The molecule has 5 fully saturated rings. The third-order valence-corrected chi connectivity index (χ3v) is 15.8. The molecule has 5 amide bonds. The van der Waals surface area contributed by atoms with E-state index in [0.29, 0.717) is 45.1 Å². The van der Waals surface area contributed by atoms with Crippen molar-refractivity contribution >= 4 is 39.6 Å². The van der Waals surface area contributed by atoms with Gasteiger partial charge in [0.05, 0.1) is 16.8 Å². The normalized spacial score (nSPS) is 27.8. The zero-order valence-electron chi connectivity index (χ0n) is 32.5. The zero-order chi connectivity index (χ0) is 38.2. The molecule has 0 radical (unpaired) electrons. The van der Waals surface area contributed by atoms with E-state index < -0.39 is 68.0 Å². The first-order chi connectivity index (χ1) is 24.4. The van der Waals surface area contributed by atoms with E-state index in [-0.39, 0.29) is 29.2 Å². The summed E-state index contributed by atoms with van der Waals surface area (Å²) in [6.07, 6.45) is 11.2. The molecule has 0 aromatic carbocycles. The van der Waals surface area contributed by atoms with E-state index in [4.69, 9.17) is 0 Å². The van der Waals surface area contributed by atoms with Crippen molar-refractivity contribution in [1.82, 2.24) is 30.5 Å². The predicted molar refractivity (Wildman–Crippen MR) is 198 cm³/mol. The highest BCUT2D eigenvalue weighted by atomic mass is 32.2. The van der Waals surface area contributed by atoms with Crippen LogP contribution in [0.5, 0.6) is 0 Å². The van der Waals surface area contributed by atoms with Gasteiger partial charge in [-0.1, -0.05) is 79.1 Å². The fourth-order valence-corrected chi connectivity index (χ4v) is 11.0. The largest absolute Gasteiger partial charge is 0.347 e. The van der Waals surface area contributed by atoms with E-state index in [9.17, 15) is 32.4 Å². The summed E-state index contributed by atoms with van der Waals surface area (Å²) in [7, 11) is -0.708. The third-order valence-electron chi connectivity index (χ3n) is 13.4. The number of likely N-dealkylation sites (tertiary alicyclic amines) is 1. The Balaban J connectivity index is 1.40. The number of piperidine rings is 1. The number of Topliss-reactive ketones (excluding diaryl/α,β-unsaturated/α-hetero) is 1. The van der Waals surface area contributed by atoms with E-state index in [1.807, 2.05) is 13.8 Å². The number of urea groups is 1. The average Bonchev–Trinajstić information content (AvgIpc) is 3.95. The SMILES string of the molecule is CCCC[C@H](NC(=O)[C@@H]1[C@@H]2[C@H](CN1C(=O)[C@@H](NC(=O)NC1([C@H](C)S(=O)(=O)N(C)C)CCCCC1)C1(C)CCCCC1)C2(C)C)C(=O)C(=O)NC1CC1. The van der Waals surface area contributed by atoms with Crippen molar-refractivity contribution in [3.63, 3.8) is 0 Å². The lowest BCUT2D eigenvalue weighted by molar-refractivity contribution is -0.146. The summed E-state index contributed by atoms with van der Waals surface area (Å²) < 4.78 is 28.0. The monoisotopic (exact) mass is 748 g/mol. The van der Waals surface area contributed by atoms with Crippen LogP contribution >= 0.6 is 0 Å². The molecular formula is C38H64N6O7S. The summed E-state index contributed by atoms with van der Waals surface area (Å²) in [5, 5.41) is 10.9. The van der Waals surface area contributed by atoms with Gasteiger partial charge in [0.15, 0.2) is 0 Å². The fraction of sp³-hybridized carbons (Fsp3) is 0.868. The van der Waals surface area contributed by atoms with Gasteiger partial charge in [-0.25, -0.2) is 17.5 Å². The molecule has 294 valence electrons. The highest BCUT2D eigenvalue weighted by molar-refractivity contribution is 7.89. The molecule has 0 unspecified atom stereocenters. The van der Waals surface area contributed by atoms with Crippen LogP contribution in [0.15, 0.2) is 0 Å². The maximum Gasteiger partial charge on any atom is 0.315 e. The number of hydrogen-bond donors (Lipinski definition) is 4. The summed E-state index contributed by atoms with van der Waals surface area (Å²) in [6.45, 7) is 10.2. The number of nitrogens with zero attached hydrogens (tertiary/aromatic N) is 2. The Labute approximate surface area is 311 Å². The number of rotatable bonds is 15. The minimum Gasteiger partial charge on any atom is -0.347 e. The van der Waals surface area contributed by atoms with Crippen molar-refractivity contribution in [2.24, 2.45) is 22.7 Å². The van der Waals surface area contributed by atoms with Crippen LogP contribution in [0, 0.1) is 22.7 Å². The number of unbranched alkanes of at least 4 members (excludes halogenated alkanes) is 1. The van der Waals surface area contributed by atoms with E-state index >= 15 is 0 Å². The van der Waals surface area contributed by atoms with E-state index in [1.165, 1.54) is 18.4 Å². The second-order valence-corrected chi connectivity index (χ2v) is 20.1. The lowest BCUT2D eigenvalue weighted by atomic mass is 9.70. The van der Waals surface area contributed by atoms with E-state index in [0.717, 1.165) is 57.8 Å². The first-order valence-corrected chi connectivity index (χ1v) is 21.4. The van der Waals surface area contributed by atoms with Crippen LogP contribution in [0.1, 0.15) is 131 Å². The second kappa shape index (κ2) is 15.5. The third kappa shape index (κ3) is 8.17. The standard InChI is InChI=1S/C38H64N6O7S/c1-8-9-16-27(30(45)33(47)39-25-17-18-25)40-32(46)29-28-26(36(28,3)4)23-44(29)34(48)31(37(5)19-12-10-13-20-37)41-35(49)42-38(21-14-11-15-22-38)24(2)52(50,51)43(6)7/h24-29,31H,8-23H2,1-7H3,(H,39,47)(H,40,46)(H2,41,42,49)/t24-,26-,27-,28-,29-,31+/m0/s1. The van der Waals surface area contributed by atoms with Gasteiger partial charge in [-0.3, -0.25) is 19.2 Å². The van der Waals surface area contributed by atoms with Gasteiger partial charge in [-0.15, -0.1) is 0 Å². The van der Waals surface area contributed by atoms with E-state index in [1.54, 1.807) is 11.8 Å². The van der Waals surface area contributed by atoms with Crippen molar-refractivity contribution in [2.45, 2.75) is 166 Å². The molecule has 1 heterocycles. The summed E-state index contributed by atoms with van der Waals surface area (Å²) >= 11 is 0. The van der Waals surface area contributed by atoms with Gasteiger partial charge in [0.25, 0.3) is 5.91 Å². The average molecular weight is 749 g/mol. The van der Waals surface area contributed by atoms with Crippen LogP contribution in [0.25, 0.3) is 0 Å². The quantitative estimate of drug-likeness (QED) is 0.185. The number of hydrogen-bond acceptors (Lipinski definition) is 7. The molecular weight excluding hydrogens is 685 g/mol. The first-order valence-electron chi connectivity index (χ1n) is 19.8. The Hall–Kier alpha value is -2.74. The Morgan fingerprint density at radius 3 is 2.04 bits per heavy atom. The van der Waals surface area contributed by atoms with Crippen LogP contribution < -0.4 is 21.3 Å². The number of sulfonamides is 1. The Morgan fingerprint density at radius 2 is 1.48 bits per heavy atom. The lowest BCUT2D eigenvalue weighted by Crippen LogP contribution is -2.66. The van der Waals surface area contributed by atoms with Crippen LogP contribution in [0.4, 0.5) is 4.79 Å².